The summed E-state index contributed by atoms with van der Waals surface area (Å²) in [6.07, 6.45) is 13.0. The molecule has 3 heterocycles. The number of nitrogens with one attached hydrogen (secondary N) is 1. The van der Waals surface area contributed by atoms with Gasteiger partial charge in [-0.1, -0.05) is 44.9 Å². The summed E-state index contributed by atoms with van der Waals surface area (Å²) in [6.45, 7) is 11.4. The molecular formula is C38H53ClFN6O9PS2. The number of nitrogens with zero attached hydrogens (tertiary/aromatic N) is 5. The van der Waals surface area contributed by atoms with Crippen molar-refractivity contribution in [1.82, 2.24) is 14.3 Å². The first-order valence-corrected chi connectivity index (χ1v) is 23.5. The number of fused-ring (bicyclic) bond motifs is 2. The second-order valence-electron chi connectivity index (χ2n) is 14.0. The first-order chi connectivity index (χ1) is 27.2. The van der Waals surface area contributed by atoms with Crippen LogP contribution in [0.15, 0.2) is 35.3 Å². The Balaban J connectivity index is 0.000000315. The van der Waals surface area contributed by atoms with E-state index in [2.05, 4.69) is 54.8 Å². The number of aromatic nitrogens is 2. The Morgan fingerprint density at radius 3 is 2.53 bits per heavy atom. The van der Waals surface area contributed by atoms with Gasteiger partial charge in [0.15, 0.2) is 12.4 Å². The minimum absolute atomic E-state index is 0.0371. The van der Waals surface area contributed by atoms with Crippen molar-refractivity contribution in [1.29, 1.82) is 0 Å². The van der Waals surface area contributed by atoms with Crippen molar-refractivity contribution in [3.8, 4) is 18.1 Å². The fraction of sp³-hybridized carbons (Fsp3) is 0.500. The molecule has 3 aromatic rings. The molecule has 1 aromatic heterocycles. The number of alkyl halides is 1. The number of carbonyl (C=O) groups is 3. The molecule has 2 aliphatic heterocycles. The topological polar surface area (TPSA) is 199 Å². The Morgan fingerprint density at radius 2 is 1.97 bits per heavy atom. The van der Waals surface area contributed by atoms with E-state index in [1.54, 1.807) is 4.90 Å². The molecule has 1 atom stereocenters. The minimum Gasteiger partial charge on any atom is -0.778 e. The smallest absolute Gasteiger partial charge is 0.317 e. The van der Waals surface area contributed by atoms with Crippen LogP contribution < -0.4 is 29.5 Å². The largest absolute Gasteiger partial charge is 0.778 e. The molecule has 15 nitrogen and oxygen atoms in total. The molecule has 0 spiro atoms. The number of aliphatic carboxylic acids is 1. The average Bonchev–Trinajstić information content (AvgIpc) is 3.64. The van der Waals surface area contributed by atoms with E-state index in [0.717, 1.165) is 42.0 Å². The van der Waals surface area contributed by atoms with Gasteiger partial charge in [-0.15, -0.1) is 18.0 Å². The summed E-state index contributed by atoms with van der Waals surface area (Å²) in [7, 11) is -3.71. The normalized spacial score (nSPS) is 14.9. The number of carbonyl (C=O) groups excluding carboxylic acids is 2. The van der Waals surface area contributed by atoms with E-state index in [9.17, 15) is 28.2 Å². The van der Waals surface area contributed by atoms with E-state index in [1.165, 1.54) is 28.6 Å². The van der Waals surface area contributed by atoms with E-state index in [4.69, 9.17) is 37.5 Å². The van der Waals surface area contributed by atoms with Gasteiger partial charge in [-0.25, -0.2) is 9.38 Å². The van der Waals surface area contributed by atoms with E-state index in [1.807, 2.05) is 41.9 Å². The number of hydrogen-bond acceptors (Lipinski definition) is 11. The third-order valence-corrected chi connectivity index (χ3v) is 9.46. The highest BCUT2D eigenvalue weighted by atomic mass is 35.5. The summed E-state index contributed by atoms with van der Waals surface area (Å²) < 4.78 is 41.6. The lowest BCUT2D eigenvalue weighted by atomic mass is 9.92. The van der Waals surface area contributed by atoms with Crippen molar-refractivity contribution >= 4 is 76.5 Å². The zero-order valence-corrected chi connectivity index (χ0v) is 37.3. The summed E-state index contributed by atoms with van der Waals surface area (Å²) in [5.74, 6) is 1.58. The molecule has 0 saturated carbocycles. The minimum atomic E-state index is -4.35. The molecule has 320 valence electrons. The Bertz CT molecular complexity index is 2030. The molecule has 0 aliphatic carbocycles. The van der Waals surface area contributed by atoms with Crippen LogP contribution in [0, 0.1) is 30.5 Å². The van der Waals surface area contributed by atoms with Gasteiger partial charge in [-0.3, -0.25) is 29.5 Å². The number of hydrogen-bond donors (Lipinski definition) is 3. The van der Waals surface area contributed by atoms with Crippen molar-refractivity contribution in [3.63, 3.8) is 0 Å². The molecule has 0 bridgehead atoms. The molecule has 58 heavy (non-hydrogen) atoms. The monoisotopic (exact) mass is 886 g/mol. The van der Waals surface area contributed by atoms with E-state index >= 15 is 0 Å². The summed E-state index contributed by atoms with van der Waals surface area (Å²) in [5.41, 5.74) is 3.80. The molecule has 2 aliphatic rings. The van der Waals surface area contributed by atoms with Crippen LogP contribution in [-0.2, 0) is 54.0 Å². The number of amides is 2. The van der Waals surface area contributed by atoms with Gasteiger partial charge >= 0.3 is 5.97 Å². The number of terminal acetylenes is 1. The van der Waals surface area contributed by atoms with Crippen LogP contribution in [0.2, 0.25) is 0 Å². The Morgan fingerprint density at radius 1 is 1.29 bits per heavy atom. The van der Waals surface area contributed by atoms with Crippen molar-refractivity contribution in [2.75, 3.05) is 73.8 Å². The number of halogens is 2. The van der Waals surface area contributed by atoms with Crippen molar-refractivity contribution in [3.05, 3.63) is 57.9 Å². The average molecular weight is 887 g/mol. The lowest BCUT2D eigenvalue weighted by molar-refractivity contribution is -0.193. The van der Waals surface area contributed by atoms with E-state index in [-0.39, 0.29) is 48.7 Å². The zero-order chi connectivity index (χ0) is 43.8. The van der Waals surface area contributed by atoms with E-state index < -0.39 is 32.2 Å². The number of aryl methyl sites for hydroxylation is 2. The molecule has 20 heteroatoms. The standard InChI is InChI=1S/C18H17FN4O2S.C14H20ClNO2.C3H8NO5P.C3H9S/c1-4-5-22-13-7-12(11(19)6-14(13)25-9-16(22)24)20-17-23-10-18(2,3)8-15(23)21-26-17;1-4-12-8-6-7-11(3)14(12)16(10-18-5-2)13(17)9-15;5-3(6)1-4-2-10(7,8)9;1-4(2)3/h1,6-7H,5,8-10H2,2-3H3;6-8H,4-5,9-10H2,1-3H3;4H,1-2H2,(H,5,6)(H2,7,8,9);1-3H3/q;;;+1/p-1/b20-17-;;;. The first-order valence-electron chi connectivity index (χ1n) is 18.0. The Kier molecular flexibility index (Phi) is 20.6. The molecule has 1 unspecified atom stereocenters. The number of carboxylic acids is 1. The Hall–Kier alpha value is -3.79. The maximum atomic E-state index is 14.5. The van der Waals surface area contributed by atoms with Crippen LogP contribution in [-0.4, -0.2) is 101 Å². The predicted molar refractivity (Wildman–Crippen MR) is 227 cm³/mol. The number of benzene rings is 2. The third-order valence-electron chi connectivity index (χ3n) is 7.83. The zero-order valence-electron chi connectivity index (χ0n) is 34.0. The van der Waals surface area contributed by atoms with Gasteiger partial charge in [-0.05, 0) is 53.8 Å². The summed E-state index contributed by atoms with van der Waals surface area (Å²) >= 11 is 6.92. The number of carboxylic acid groups (broad SMARTS) is 1. The van der Waals surface area contributed by atoms with Gasteiger partial charge in [0.1, 0.15) is 37.5 Å². The van der Waals surface area contributed by atoms with Crippen LogP contribution in [0.25, 0.3) is 0 Å². The van der Waals surface area contributed by atoms with Gasteiger partial charge in [-0.2, -0.15) is 4.37 Å². The molecule has 2 amide bonds. The highest BCUT2D eigenvalue weighted by molar-refractivity contribution is 7.94. The summed E-state index contributed by atoms with van der Waals surface area (Å²) in [5, 5.41) is 9.97. The molecule has 3 N–H and O–H groups in total. The van der Waals surface area contributed by atoms with Crippen LogP contribution >= 0.6 is 30.7 Å². The molecular weight excluding hydrogens is 834 g/mol. The van der Waals surface area contributed by atoms with Gasteiger partial charge < -0.3 is 33.5 Å². The van der Waals surface area contributed by atoms with Gasteiger partial charge in [0, 0.05) is 37.2 Å². The number of rotatable bonds is 12. The molecule has 0 saturated heterocycles. The SMILES string of the molecule is C#CCN1C(=O)COc2cc(F)c(/N=c3\snc4n3CC(C)(C)C4)cc21.CCOCN(C(=O)CCl)c1c(C)cccc1CC.C[S+](C)C.O=C(O)CNCP(=O)([O-])O. The van der Waals surface area contributed by atoms with Crippen molar-refractivity contribution in [2.24, 2.45) is 10.4 Å². The summed E-state index contributed by atoms with van der Waals surface area (Å²) in [6, 6.07) is 8.78. The fourth-order valence-corrected chi connectivity index (χ4v) is 6.75. The molecule has 0 radical (unpaired) electrons. The summed E-state index contributed by atoms with van der Waals surface area (Å²) in [4.78, 5) is 59.9. The lowest BCUT2D eigenvalue weighted by Crippen LogP contribution is -2.39. The highest BCUT2D eigenvalue weighted by Crippen LogP contribution is 2.37. The lowest BCUT2D eigenvalue weighted by Gasteiger charge is -2.28. The molecule has 0 fully saturated rings. The van der Waals surface area contributed by atoms with E-state index in [0.29, 0.717) is 33.7 Å². The highest BCUT2D eigenvalue weighted by Gasteiger charge is 2.31. The molecule has 2 aromatic carbocycles. The fourth-order valence-electron chi connectivity index (χ4n) is 5.46. The van der Waals surface area contributed by atoms with Gasteiger partial charge in [0.05, 0.1) is 49.5 Å². The first kappa shape index (κ1) is 50.4. The maximum absolute atomic E-state index is 14.5. The number of para-hydroxylation sites is 1. The number of anilines is 2. The van der Waals surface area contributed by atoms with Crippen molar-refractivity contribution < 1.29 is 47.7 Å². The molecule has 5 rings (SSSR count). The predicted octanol–water partition coefficient (Wildman–Crippen LogP) is 4.04. The second kappa shape index (κ2) is 23.7. The third kappa shape index (κ3) is 16.1. The van der Waals surface area contributed by atoms with Crippen LogP contribution in [0.3, 0.4) is 0 Å². The second-order valence-corrected chi connectivity index (χ2v) is 19.1. The van der Waals surface area contributed by atoms with Crippen LogP contribution in [0.4, 0.5) is 21.5 Å². The van der Waals surface area contributed by atoms with Gasteiger partial charge in [0.25, 0.3) is 5.91 Å². The quantitative estimate of drug-likeness (QED) is 0.0781. The van der Waals surface area contributed by atoms with Gasteiger partial charge in [0.2, 0.25) is 10.7 Å². The maximum Gasteiger partial charge on any atom is 0.317 e. The Labute approximate surface area is 351 Å². The van der Waals surface area contributed by atoms with Crippen LogP contribution in [0.1, 0.15) is 44.6 Å². The number of ether oxygens (including phenoxy) is 2. The van der Waals surface area contributed by atoms with Crippen LogP contribution in [0.5, 0.6) is 5.75 Å². The van der Waals surface area contributed by atoms with Crippen molar-refractivity contribution in [2.45, 2.75) is 54.0 Å².